The summed E-state index contributed by atoms with van der Waals surface area (Å²) in [5.41, 5.74) is 2.39. The van der Waals surface area contributed by atoms with Crippen molar-refractivity contribution in [1.82, 2.24) is 4.98 Å². The lowest BCUT2D eigenvalue weighted by molar-refractivity contribution is 0.483. The minimum absolute atomic E-state index is 0.770. The van der Waals surface area contributed by atoms with Crippen LogP contribution in [0.15, 0.2) is 18.2 Å². The molecule has 16 heavy (non-hydrogen) atoms. The molecule has 1 nitrogen and oxygen atoms in total. The van der Waals surface area contributed by atoms with E-state index in [0.717, 1.165) is 18.0 Å². The van der Waals surface area contributed by atoms with Crippen LogP contribution in [-0.2, 0) is 6.42 Å². The van der Waals surface area contributed by atoms with E-state index >= 15 is 0 Å². The number of hydrogen-bond donors (Lipinski definition) is 0. The normalized spacial score (nSPS) is 12.7. The van der Waals surface area contributed by atoms with Gasteiger partial charge in [0.15, 0.2) is 0 Å². The first-order chi connectivity index (χ1) is 7.72. The maximum absolute atomic E-state index is 4.56. The van der Waals surface area contributed by atoms with E-state index in [1.165, 1.54) is 37.8 Å². The Hall–Kier alpha value is -0.850. The summed E-state index contributed by atoms with van der Waals surface area (Å²) in [6.07, 6.45) is 7.95. The summed E-state index contributed by atoms with van der Waals surface area (Å²) < 4.78 is 0. The van der Waals surface area contributed by atoms with E-state index in [9.17, 15) is 0 Å². The van der Waals surface area contributed by atoms with Gasteiger partial charge in [-0.2, -0.15) is 0 Å². The molecule has 90 valence electrons. The monoisotopic (exact) mass is 219 g/mol. The maximum Gasteiger partial charge on any atom is 0.0409 e. The molecule has 0 saturated carbocycles. The molecular formula is C15H25N. The minimum Gasteiger partial charge on any atom is -0.258 e. The van der Waals surface area contributed by atoms with Crippen molar-refractivity contribution in [2.24, 2.45) is 5.92 Å². The quantitative estimate of drug-likeness (QED) is 0.614. The summed E-state index contributed by atoms with van der Waals surface area (Å²) in [5, 5.41) is 0. The standard InChI is InChI=1S/C15H25N/c1-4-5-6-7-9-13(2)12-15-11-8-10-14(3)16-15/h8,10-11,13H,4-7,9,12H2,1-3H3. The zero-order valence-electron chi connectivity index (χ0n) is 11.0. The lowest BCUT2D eigenvalue weighted by atomic mass is 9.97. The maximum atomic E-state index is 4.56. The van der Waals surface area contributed by atoms with Crippen molar-refractivity contribution in [1.29, 1.82) is 0 Å². The van der Waals surface area contributed by atoms with Crippen molar-refractivity contribution in [3.8, 4) is 0 Å². The molecular weight excluding hydrogens is 194 g/mol. The van der Waals surface area contributed by atoms with E-state index in [4.69, 9.17) is 0 Å². The zero-order chi connectivity index (χ0) is 11.8. The van der Waals surface area contributed by atoms with Gasteiger partial charge in [0.05, 0.1) is 0 Å². The van der Waals surface area contributed by atoms with Crippen molar-refractivity contribution in [2.75, 3.05) is 0 Å². The van der Waals surface area contributed by atoms with E-state index in [0.29, 0.717) is 0 Å². The summed E-state index contributed by atoms with van der Waals surface area (Å²) in [6, 6.07) is 6.33. The predicted molar refractivity (Wildman–Crippen MR) is 70.6 cm³/mol. The second kappa shape index (κ2) is 7.43. The highest BCUT2D eigenvalue weighted by Gasteiger charge is 2.04. The smallest absolute Gasteiger partial charge is 0.0409 e. The molecule has 1 rings (SSSR count). The Kier molecular flexibility index (Phi) is 6.14. The van der Waals surface area contributed by atoms with Crippen molar-refractivity contribution in [2.45, 2.75) is 59.3 Å². The molecule has 0 aliphatic carbocycles. The van der Waals surface area contributed by atoms with Crippen LogP contribution in [0.25, 0.3) is 0 Å². The van der Waals surface area contributed by atoms with Crippen molar-refractivity contribution >= 4 is 0 Å². The molecule has 1 unspecified atom stereocenters. The van der Waals surface area contributed by atoms with Gasteiger partial charge in [-0.25, -0.2) is 0 Å². The number of hydrogen-bond acceptors (Lipinski definition) is 1. The highest BCUT2D eigenvalue weighted by molar-refractivity contribution is 5.10. The molecule has 1 heteroatoms. The van der Waals surface area contributed by atoms with Gasteiger partial charge in [0.1, 0.15) is 0 Å². The molecule has 1 aromatic heterocycles. The van der Waals surface area contributed by atoms with Gasteiger partial charge in [-0.15, -0.1) is 0 Å². The van der Waals surface area contributed by atoms with Crippen LogP contribution in [-0.4, -0.2) is 4.98 Å². The molecule has 1 heterocycles. The molecule has 0 spiro atoms. The molecule has 0 radical (unpaired) electrons. The molecule has 0 saturated heterocycles. The topological polar surface area (TPSA) is 12.9 Å². The van der Waals surface area contributed by atoms with Gasteiger partial charge < -0.3 is 0 Å². The fraction of sp³-hybridized carbons (Fsp3) is 0.667. The zero-order valence-corrected chi connectivity index (χ0v) is 11.0. The van der Waals surface area contributed by atoms with Crippen LogP contribution < -0.4 is 0 Å². The van der Waals surface area contributed by atoms with Crippen LogP contribution in [0.1, 0.15) is 57.3 Å². The number of nitrogens with zero attached hydrogens (tertiary/aromatic N) is 1. The number of aromatic nitrogens is 1. The average molecular weight is 219 g/mol. The largest absolute Gasteiger partial charge is 0.258 e. The van der Waals surface area contributed by atoms with Gasteiger partial charge in [-0.1, -0.05) is 52.0 Å². The second-order valence-electron chi connectivity index (χ2n) is 4.93. The Balaban J connectivity index is 2.25. The molecule has 0 fully saturated rings. The third-order valence-electron chi connectivity index (χ3n) is 3.05. The van der Waals surface area contributed by atoms with Gasteiger partial charge in [0.2, 0.25) is 0 Å². The fourth-order valence-corrected chi connectivity index (χ4v) is 2.09. The number of pyridine rings is 1. The summed E-state index contributed by atoms with van der Waals surface area (Å²) in [5.74, 6) is 0.770. The minimum atomic E-state index is 0.770. The highest BCUT2D eigenvalue weighted by Crippen LogP contribution is 2.15. The Bertz CT molecular complexity index is 293. The van der Waals surface area contributed by atoms with Crippen molar-refractivity contribution in [3.63, 3.8) is 0 Å². The molecule has 1 atom stereocenters. The number of rotatable bonds is 7. The average Bonchev–Trinajstić information content (AvgIpc) is 2.24. The summed E-state index contributed by atoms with van der Waals surface area (Å²) >= 11 is 0. The van der Waals surface area contributed by atoms with E-state index in [-0.39, 0.29) is 0 Å². The van der Waals surface area contributed by atoms with Crippen LogP contribution in [0.2, 0.25) is 0 Å². The van der Waals surface area contributed by atoms with Gasteiger partial charge in [-0.05, 0) is 31.4 Å². The molecule has 0 bridgehead atoms. The van der Waals surface area contributed by atoms with Crippen molar-refractivity contribution in [3.05, 3.63) is 29.6 Å². The summed E-state index contributed by atoms with van der Waals surface area (Å²) in [4.78, 5) is 4.56. The second-order valence-corrected chi connectivity index (χ2v) is 4.93. The molecule has 0 aromatic carbocycles. The third-order valence-corrected chi connectivity index (χ3v) is 3.05. The SMILES string of the molecule is CCCCCCC(C)Cc1cccc(C)n1. The van der Waals surface area contributed by atoms with Gasteiger partial charge in [-0.3, -0.25) is 4.98 Å². The Morgan fingerprint density at radius 2 is 2.00 bits per heavy atom. The lowest BCUT2D eigenvalue weighted by Gasteiger charge is -2.10. The first-order valence-electron chi connectivity index (χ1n) is 6.65. The Morgan fingerprint density at radius 3 is 2.69 bits per heavy atom. The Labute approximate surface area is 100 Å². The van der Waals surface area contributed by atoms with Crippen LogP contribution >= 0.6 is 0 Å². The van der Waals surface area contributed by atoms with E-state index in [1.807, 2.05) is 0 Å². The van der Waals surface area contributed by atoms with E-state index in [1.54, 1.807) is 0 Å². The van der Waals surface area contributed by atoms with Crippen LogP contribution in [0, 0.1) is 12.8 Å². The molecule has 0 amide bonds. The molecule has 0 aliphatic heterocycles. The fourth-order valence-electron chi connectivity index (χ4n) is 2.09. The molecule has 0 aliphatic rings. The Morgan fingerprint density at radius 1 is 1.19 bits per heavy atom. The van der Waals surface area contributed by atoms with Crippen LogP contribution in [0.4, 0.5) is 0 Å². The highest BCUT2D eigenvalue weighted by atomic mass is 14.7. The summed E-state index contributed by atoms with van der Waals surface area (Å²) in [6.45, 7) is 6.67. The van der Waals surface area contributed by atoms with Crippen molar-refractivity contribution < 1.29 is 0 Å². The molecule has 0 N–H and O–H groups in total. The van der Waals surface area contributed by atoms with Crippen LogP contribution in [0.3, 0.4) is 0 Å². The lowest BCUT2D eigenvalue weighted by Crippen LogP contribution is -2.02. The number of unbranched alkanes of at least 4 members (excludes halogenated alkanes) is 3. The number of aryl methyl sites for hydroxylation is 1. The van der Waals surface area contributed by atoms with Gasteiger partial charge in [0, 0.05) is 11.4 Å². The first kappa shape index (κ1) is 13.2. The molecule has 1 aromatic rings. The first-order valence-corrected chi connectivity index (χ1v) is 6.65. The predicted octanol–water partition coefficient (Wildman–Crippen LogP) is 4.54. The summed E-state index contributed by atoms with van der Waals surface area (Å²) in [7, 11) is 0. The van der Waals surface area contributed by atoms with E-state index < -0.39 is 0 Å². The van der Waals surface area contributed by atoms with E-state index in [2.05, 4.69) is 44.0 Å². The third kappa shape index (κ3) is 5.29. The van der Waals surface area contributed by atoms with Gasteiger partial charge in [0.25, 0.3) is 0 Å². The van der Waals surface area contributed by atoms with Gasteiger partial charge >= 0.3 is 0 Å². The van der Waals surface area contributed by atoms with Crippen LogP contribution in [0.5, 0.6) is 0 Å².